The number of nitrogens with zero attached hydrogens (tertiary/aromatic N) is 2. The van der Waals surface area contributed by atoms with Crippen LogP contribution in [0.3, 0.4) is 0 Å². The number of anilines is 1. The molecule has 17 heavy (non-hydrogen) atoms. The first-order valence-electron chi connectivity index (χ1n) is 6.25. The van der Waals surface area contributed by atoms with Crippen LogP contribution in [-0.2, 0) is 6.54 Å². The molecule has 0 saturated heterocycles. The van der Waals surface area contributed by atoms with Gasteiger partial charge in [-0.2, -0.15) is 0 Å². The highest BCUT2D eigenvalue weighted by molar-refractivity contribution is 5.43. The van der Waals surface area contributed by atoms with Gasteiger partial charge in [-0.3, -0.25) is 0 Å². The third-order valence-corrected chi connectivity index (χ3v) is 3.52. The zero-order valence-electron chi connectivity index (χ0n) is 10.5. The average Bonchev–Trinajstić information content (AvgIpc) is 2.85. The van der Waals surface area contributed by atoms with Crippen molar-refractivity contribution >= 4 is 5.82 Å². The van der Waals surface area contributed by atoms with Gasteiger partial charge in [0.05, 0.1) is 0 Å². The fraction of sp³-hybridized carbons (Fsp3) is 0.615. The van der Waals surface area contributed by atoms with Gasteiger partial charge in [0.15, 0.2) is 11.6 Å². The van der Waals surface area contributed by atoms with Crippen molar-refractivity contribution in [2.24, 2.45) is 0 Å². The standard InChI is InChI=1S/C13H20FN3/c1-15-9-10-7-8-16-13(12(10)14)17(2)11-5-3-4-6-11/h7-8,11,15H,3-6,9H2,1-2H3. The van der Waals surface area contributed by atoms with Gasteiger partial charge in [0.1, 0.15) is 0 Å². The first-order chi connectivity index (χ1) is 8.24. The van der Waals surface area contributed by atoms with Crippen LogP contribution in [0.15, 0.2) is 12.3 Å². The van der Waals surface area contributed by atoms with E-state index >= 15 is 0 Å². The summed E-state index contributed by atoms with van der Waals surface area (Å²) in [7, 11) is 3.77. The van der Waals surface area contributed by atoms with Gasteiger partial charge in [0.2, 0.25) is 0 Å². The molecule has 0 unspecified atom stereocenters. The molecule has 1 aliphatic rings. The van der Waals surface area contributed by atoms with Crippen molar-refractivity contribution in [1.82, 2.24) is 10.3 Å². The molecular formula is C13H20FN3. The van der Waals surface area contributed by atoms with Crippen molar-refractivity contribution in [1.29, 1.82) is 0 Å². The Bertz CT molecular complexity index is 375. The summed E-state index contributed by atoms with van der Waals surface area (Å²) in [5.74, 6) is 0.306. The monoisotopic (exact) mass is 237 g/mol. The molecule has 1 heterocycles. The normalized spacial score (nSPS) is 16.4. The van der Waals surface area contributed by atoms with Crippen LogP contribution >= 0.6 is 0 Å². The summed E-state index contributed by atoms with van der Waals surface area (Å²) in [6, 6.07) is 2.18. The molecule has 1 aliphatic carbocycles. The molecule has 3 nitrogen and oxygen atoms in total. The van der Waals surface area contributed by atoms with Gasteiger partial charge < -0.3 is 10.2 Å². The highest BCUT2D eigenvalue weighted by Gasteiger charge is 2.23. The lowest BCUT2D eigenvalue weighted by Gasteiger charge is -2.26. The maximum atomic E-state index is 14.2. The minimum absolute atomic E-state index is 0.184. The zero-order chi connectivity index (χ0) is 12.3. The molecule has 0 spiro atoms. The van der Waals surface area contributed by atoms with E-state index in [1.807, 2.05) is 19.0 Å². The third-order valence-electron chi connectivity index (χ3n) is 3.52. The Hall–Kier alpha value is -1.16. The fourth-order valence-corrected chi connectivity index (χ4v) is 2.51. The van der Waals surface area contributed by atoms with E-state index in [2.05, 4.69) is 10.3 Å². The molecule has 0 aliphatic heterocycles. The van der Waals surface area contributed by atoms with Crippen molar-refractivity contribution in [2.75, 3.05) is 19.0 Å². The summed E-state index contributed by atoms with van der Waals surface area (Å²) in [6.45, 7) is 0.542. The van der Waals surface area contributed by atoms with Gasteiger partial charge in [0.25, 0.3) is 0 Å². The van der Waals surface area contributed by atoms with E-state index in [4.69, 9.17) is 0 Å². The lowest BCUT2D eigenvalue weighted by Crippen LogP contribution is -2.30. The molecular weight excluding hydrogens is 217 g/mol. The van der Waals surface area contributed by atoms with E-state index in [1.165, 1.54) is 12.8 Å². The summed E-state index contributed by atoms with van der Waals surface area (Å²) in [5, 5.41) is 2.97. The van der Waals surface area contributed by atoms with E-state index in [0.717, 1.165) is 12.8 Å². The number of rotatable bonds is 4. The van der Waals surface area contributed by atoms with Crippen LogP contribution in [-0.4, -0.2) is 25.1 Å². The van der Waals surface area contributed by atoms with Crippen LogP contribution < -0.4 is 10.2 Å². The number of hydrogen-bond acceptors (Lipinski definition) is 3. The van der Waals surface area contributed by atoms with E-state index < -0.39 is 0 Å². The Balaban J connectivity index is 2.21. The van der Waals surface area contributed by atoms with Crippen LogP contribution in [0.4, 0.5) is 10.2 Å². The summed E-state index contributed by atoms with van der Waals surface area (Å²) in [5.41, 5.74) is 0.683. The Labute approximate surface area is 102 Å². The van der Waals surface area contributed by atoms with E-state index in [1.54, 1.807) is 12.3 Å². The quantitative estimate of drug-likeness (QED) is 0.871. The van der Waals surface area contributed by atoms with Gasteiger partial charge in [-0.25, -0.2) is 9.37 Å². The van der Waals surface area contributed by atoms with Crippen molar-refractivity contribution in [3.8, 4) is 0 Å². The van der Waals surface area contributed by atoms with E-state index in [0.29, 0.717) is 24.0 Å². The lowest BCUT2D eigenvalue weighted by atomic mass is 10.2. The highest BCUT2D eigenvalue weighted by atomic mass is 19.1. The second-order valence-corrected chi connectivity index (χ2v) is 4.69. The van der Waals surface area contributed by atoms with Crippen LogP contribution in [0, 0.1) is 5.82 Å². The molecule has 2 rings (SSSR count). The van der Waals surface area contributed by atoms with Crippen molar-refractivity contribution in [3.05, 3.63) is 23.6 Å². The topological polar surface area (TPSA) is 28.2 Å². The second-order valence-electron chi connectivity index (χ2n) is 4.69. The minimum atomic E-state index is -0.184. The minimum Gasteiger partial charge on any atom is -0.354 e. The maximum absolute atomic E-state index is 14.2. The Kier molecular flexibility index (Phi) is 3.94. The number of halogens is 1. The van der Waals surface area contributed by atoms with Crippen LogP contribution in [0.2, 0.25) is 0 Å². The molecule has 0 amide bonds. The van der Waals surface area contributed by atoms with Gasteiger partial charge in [-0.15, -0.1) is 0 Å². The van der Waals surface area contributed by atoms with Crippen molar-refractivity contribution < 1.29 is 4.39 Å². The number of pyridine rings is 1. The van der Waals surface area contributed by atoms with Crippen LogP contribution in [0.1, 0.15) is 31.2 Å². The first-order valence-corrected chi connectivity index (χ1v) is 6.25. The maximum Gasteiger partial charge on any atom is 0.170 e. The predicted octanol–water partition coefficient (Wildman–Crippen LogP) is 2.32. The molecule has 0 radical (unpaired) electrons. The molecule has 1 N–H and O–H groups in total. The Morgan fingerprint density at radius 1 is 1.47 bits per heavy atom. The molecule has 0 atom stereocenters. The van der Waals surface area contributed by atoms with Gasteiger partial charge in [-0.1, -0.05) is 12.8 Å². The third kappa shape index (κ3) is 2.57. The van der Waals surface area contributed by atoms with Gasteiger partial charge in [-0.05, 0) is 26.0 Å². The van der Waals surface area contributed by atoms with Crippen LogP contribution in [0.5, 0.6) is 0 Å². The number of aromatic nitrogens is 1. The van der Waals surface area contributed by atoms with E-state index in [9.17, 15) is 4.39 Å². The average molecular weight is 237 g/mol. The molecule has 0 bridgehead atoms. The number of hydrogen-bond donors (Lipinski definition) is 1. The highest BCUT2D eigenvalue weighted by Crippen LogP contribution is 2.28. The first kappa shape index (κ1) is 12.3. The predicted molar refractivity (Wildman–Crippen MR) is 67.6 cm³/mol. The Morgan fingerprint density at radius 2 is 2.18 bits per heavy atom. The SMILES string of the molecule is CNCc1ccnc(N(C)C2CCCC2)c1F. The summed E-state index contributed by atoms with van der Waals surface area (Å²) in [6.07, 6.45) is 6.47. The molecule has 1 aromatic heterocycles. The summed E-state index contributed by atoms with van der Waals surface area (Å²) < 4.78 is 14.2. The summed E-state index contributed by atoms with van der Waals surface area (Å²) >= 11 is 0. The van der Waals surface area contributed by atoms with Crippen molar-refractivity contribution in [2.45, 2.75) is 38.3 Å². The fourth-order valence-electron chi connectivity index (χ4n) is 2.51. The molecule has 4 heteroatoms. The molecule has 1 fully saturated rings. The molecule has 1 saturated carbocycles. The zero-order valence-corrected chi connectivity index (χ0v) is 10.5. The largest absolute Gasteiger partial charge is 0.354 e. The van der Waals surface area contributed by atoms with Gasteiger partial charge >= 0.3 is 0 Å². The summed E-state index contributed by atoms with van der Waals surface area (Å²) in [4.78, 5) is 6.19. The molecule has 1 aromatic rings. The molecule has 0 aromatic carbocycles. The second kappa shape index (κ2) is 5.45. The number of nitrogens with one attached hydrogen (secondary N) is 1. The van der Waals surface area contributed by atoms with Crippen molar-refractivity contribution in [3.63, 3.8) is 0 Å². The van der Waals surface area contributed by atoms with Gasteiger partial charge in [0, 0.05) is 31.4 Å². The van der Waals surface area contributed by atoms with Crippen LogP contribution in [0.25, 0.3) is 0 Å². The Morgan fingerprint density at radius 3 is 2.82 bits per heavy atom. The molecule has 94 valence electrons. The lowest BCUT2D eigenvalue weighted by molar-refractivity contribution is 0.569. The smallest absolute Gasteiger partial charge is 0.170 e. The van der Waals surface area contributed by atoms with E-state index in [-0.39, 0.29) is 5.82 Å².